The maximum atomic E-state index is 5.55. The van der Waals surface area contributed by atoms with Crippen LogP contribution in [0.4, 0.5) is 0 Å². The maximum Gasteiger partial charge on any atom is 0.191 e. The SMILES string of the molecule is CCNC(=NCC(c1cccc(C)c1)N1CCOCC1)NCCc1ccco1.I. The topological polar surface area (TPSA) is 62.0 Å². The van der Waals surface area contributed by atoms with Gasteiger partial charge in [-0.3, -0.25) is 9.89 Å². The van der Waals surface area contributed by atoms with Gasteiger partial charge in [0.15, 0.2) is 5.96 Å². The molecule has 160 valence electrons. The molecule has 0 radical (unpaired) electrons. The van der Waals surface area contributed by atoms with Gasteiger partial charge in [0.2, 0.25) is 0 Å². The first kappa shape index (κ1) is 23.7. The van der Waals surface area contributed by atoms with Crippen LogP contribution >= 0.6 is 24.0 Å². The number of nitrogens with zero attached hydrogens (tertiary/aromatic N) is 2. The molecule has 0 aliphatic carbocycles. The minimum absolute atomic E-state index is 0. The summed E-state index contributed by atoms with van der Waals surface area (Å²) in [6.07, 6.45) is 2.55. The highest BCUT2D eigenvalue weighted by Crippen LogP contribution is 2.23. The van der Waals surface area contributed by atoms with Crippen molar-refractivity contribution < 1.29 is 9.15 Å². The zero-order chi connectivity index (χ0) is 19.6. The molecule has 2 N–H and O–H groups in total. The number of hydrogen-bond donors (Lipinski definition) is 2. The molecular formula is C22H33IN4O2. The van der Waals surface area contributed by atoms with Gasteiger partial charge in [0, 0.05) is 32.6 Å². The predicted molar refractivity (Wildman–Crippen MR) is 128 cm³/mol. The van der Waals surface area contributed by atoms with Crippen molar-refractivity contribution in [1.82, 2.24) is 15.5 Å². The molecule has 2 aromatic rings. The molecule has 1 aromatic carbocycles. The average Bonchev–Trinajstić information content (AvgIpc) is 3.22. The molecule has 6 nitrogen and oxygen atoms in total. The van der Waals surface area contributed by atoms with Crippen molar-refractivity contribution >= 4 is 29.9 Å². The lowest BCUT2D eigenvalue weighted by molar-refractivity contribution is 0.0179. The Bertz CT molecular complexity index is 730. The van der Waals surface area contributed by atoms with E-state index in [1.54, 1.807) is 6.26 Å². The van der Waals surface area contributed by atoms with Gasteiger partial charge in [-0.1, -0.05) is 29.8 Å². The van der Waals surface area contributed by atoms with Crippen LogP contribution in [0.1, 0.15) is 29.9 Å². The monoisotopic (exact) mass is 512 g/mol. The Kier molecular flexibility index (Phi) is 10.5. The molecule has 1 saturated heterocycles. The number of furan rings is 1. The first-order chi connectivity index (χ1) is 13.8. The van der Waals surface area contributed by atoms with Crippen molar-refractivity contribution in [3.05, 3.63) is 59.5 Å². The van der Waals surface area contributed by atoms with Gasteiger partial charge in [0.05, 0.1) is 32.1 Å². The van der Waals surface area contributed by atoms with Crippen molar-refractivity contribution in [3.63, 3.8) is 0 Å². The van der Waals surface area contributed by atoms with E-state index >= 15 is 0 Å². The van der Waals surface area contributed by atoms with Crippen LogP contribution in [0.5, 0.6) is 0 Å². The van der Waals surface area contributed by atoms with E-state index in [0.29, 0.717) is 6.54 Å². The summed E-state index contributed by atoms with van der Waals surface area (Å²) in [5.41, 5.74) is 2.60. The lowest BCUT2D eigenvalue weighted by Crippen LogP contribution is -2.42. The highest BCUT2D eigenvalue weighted by molar-refractivity contribution is 14.0. The van der Waals surface area contributed by atoms with Crippen molar-refractivity contribution in [2.75, 3.05) is 45.9 Å². The molecule has 0 amide bonds. The highest BCUT2D eigenvalue weighted by Gasteiger charge is 2.22. The molecule has 7 heteroatoms. The number of rotatable bonds is 8. The number of nitrogens with one attached hydrogen (secondary N) is 2. The number of hydrogen-bond acceptors (Lipinski definition) is 4. The van der Waals surface area contributed by atoms with E-state index < -0.39 is 0 Å². The molecule has 3 rings (SSSR count). The third-order valence-electron chi connectivity index (χ3n) is 4.92. The molecule has 1 aliphatic rings. The number of aliphatic imine (C=N–C) groups is 1. The van der Waals surface area contributed by atoms with Crippen molar-refractivity contribution in [2.24, 2.45) is 4.99 Å². The molecule has 1 fully saturated rings. The van der Waals surface area contributed by atoms with Gasteiger partial charge < -0.3 is 19.8 Å². The summed E-state index contributed by atoms with van der Waals surface area (Å²) in [6, 6.07) is 12.9. The van der Waals surface area contributed by atoms with Gasteiger partial charge in [-0.05, 0) is 31.5 Å². The maximum absolute atomic E-state index is 5.55. The normalized spacial score (nSPS) is 16.1. The zero-order valence-corrected chi connectivity index (χ0v) is 19.7. The lowest BCUT2D eigenvalue weighted by Gasteiger charge is -2.34. The van der Waals surface area contributed by atoms with Crippen LogP contribution in [0.2, 0.25) is 0 Å². The van der Waals surface area contributed by atoms with Gasteiger partial charge in [0.25, 0.3) is 0 Å². The van der Waals surface area contributed by atoms with Crippen LogP contribution in [0.3, 0.4) is 0 Å². The van der Waals surface area contributed by atoms with Crippen LogP contribution in [0.25, 0.3) is 0 Å². The summed E-state index contributed by atoms with van der Waals surface area (Å²) in [4.78, 5) is 7.38. The van der Waals surface area contributed by atoms with Crippen LogP contribution in [0.15, 0.2) is 52.1 Å². The first-order valence-electron chi connectivity index (χ1n) is 10.2. The second kappa shape index (κ2) is 12.9. The van der Waals surface area contributed by atoms with Gasteiger partial charge in [0.1, 0.15) is 5.76 Å². The minimum atomic E-state index is 0. The number of guanidine groups is 1. The second-order valence-electron chi connectivity index (χ2n) is 7.05. The average molecular weight is 512 g/mol. The largest absolute Gasteiger partial charge is 0.469 e. The molecule has 1 aromatic heterocycles. The number of benzene rings is 1. The van der Waals surface area contributed by atoms with Gasteiger partial charge in [-0.2, -0.15) is 0 Å². The second-order valence-corrected chi connectivity index (χ2v) is 7.05. The van der Waals surface area contributed by atoms with Crippen LogP contribution < -0.4 is 10.6 Å². The summed E-state index contributed by atoms with van der Waals surface area (Å²) < 4.78 is 11.0. The quantitative estimate of drug-likeness (QED) is 0.323. The number of morpholine rings is 1. The zero-order valence-electron chi connectivity index (χ0n) is 17.4. The molecule has 1 aliphatic heterocycles. The lowest BCUT2D eigenvalue weighted by atomic mass is 10.0. The molecule has 1 unspecified atom stereocenters. The summed E-state index contributed by atoms with van der Waals surface area (Å²) in [6.45, 7) is 10.0. The van der Waals surface area contributed by atoms with Gasteiger partial charge >= 0.3 is 0 Å². The van der Waals surface area contributed by atoms with Crippen LogP contribution in [-0.4, -0.2) is 56.8 Å². The highest BCUT2D eigenvalue weighted by atomic mass is 127. The fraction of sp³-hybridized carbons (Fsp3) is 0.500. The predicted octanol–water partition coefficient (Wildman–Crippen LogP) is 3.38. The van der Waals surface area contributed by atoms with E-state index in [2.05, 4.69) is 53.6 Å². The van der Waals surface area contributed by atoms with E-state index in [1.165, 1.54) is 11.1 Å². The Labute approximate surface area is 191 Å². The van der Waals surface area contributed by atoms with Gasteiger partial charge in [-0.15, -0.1) is 24.0 Å². The van der Waals surface area contributed by atoms with E-state index in [4.69, 9.17) is 14.1 Å². The fourth-order valence-electron chi connectivity index (χ4n) is 3.48. The fourth-order valence-corrected chi connectivity index (χ4v) is 3.48. The Morgan fingerprint density at radius 2 is 2.00 bits per heavy atom. The molecular weight excluding hydrogens is 479 g/mol. The molecule has 0 bridgehead atoms. The van der Waals surface area contributed by atoms with E-state index in [1.807, 2.05) is 12.1 Å². The molecule has 0 saturated carbocycles. The van der Waals surface area contributed by atoms with Crippen molar-refractivity contribution in [3.8, 4) is 0 Å². The number of aryl methyl sites for hydroxylation is 1. The molecule has 1 atom stereocenters. The smallest absolute Gasteiger partial charge is 0.191 e. The third kappa shape index (κ3) is 7.64. The summed E-state index contributed by atoms with van der Waals surface area (Å²) in [5.74, 6) is 1.83. The van der Waals surface area contributed by atoms with E-state index in [0.717, 1.165) is 57.5 Å². The molecule has 0 spiro atoms. The Morgan fingerprint density at radius 1 is 1.17 bits per heavy atom. The number of ether oxygens (including phenoxy) is 1. The Hall–Kier alpha value is -1.58. The Morgan fingerprint density at radius 3 is 2.69 bits per heavy atom. The first-order valence-corrected chi connectivity index (χ1v) is 10.2. The van der Waals surface area contributed by atoms with Crippen LogP contribution in [0, 0.1) is 6.92 Å². The van der Waals surface area contributed by atoms with Crippen molar-refractivity contribution in [1.29, 1.82) is 0 Å². The van der Waals surface area contributed by atoms with E-state index in [9.17, 15) is 0 Å². The summed E-state index contributed by atoms with van der Waals surface area (Å²) in [7, 11) is 0. The summed E-state index contributed by atoms with van der Waals surface area (Å²) >= 11 is 0. The van der Waals surface area contributed by atoms with E-state index in [-0.39, 0.29) is 30.0 Å². The third-order valence-corrected chi connectivity index (χ3v) is 4.92. The number of halogens is 1. The molecule has 29 heavy (non-hydrogen) atoms. The van der Waals surface area contributed by atoms with Crippen molar-refractivity contribution in [2.45, 2.75) is 26.3 Å². The standard InChI is InChI=1S/C22H32N4O2.HI/c1-3-23-22(24-10-9-20-8-5-13-28-20)25-17-21(26-11-14-27-15-12-26)19-7-4-6-18(2)16-19;/h4-8,13,16,21H,3,9-12,14-15,17H2,1-2H3,(H2,23,24,25);1H. The van der Waals surface area contributed by atoms with Crippen LogP contribution in [-0.2, 0) is 11.2 Å². The molecule has 2 heterocycles. The summed E-state index contributed by atoms with van der Waals surface area (Å²) in [5, 5.41) is 6.76. The van der Waals surface area contributed by atoms with Gasteiger partial charge in [-0.25, -0.2) is 0 Å². The minimum Gasteiger partial charge on any atom is -0.469 e. The Balaban J connectivity index is 0.00000300.